The van der Waals surface area contributed by atoms with E-state index >= 15 is 0 Å². The van der Waals surface area contributed by atoms with Gasteiger partial charge in [0.1, 0.15) is 11.8 Å². The first kappa shape index (κ1) is 23.3. The van der Waals surface area contributed by atoms with Gasteiger partial charge >= 0.3 is 12.1 Å². The summed E-state index contributed by atoms with van der Waals surface area (Å²) in [5.41, 5.74) is 3.14. The summed E-state index contributed by atoms with van der Waals surface area (Å²) >= 11 is 6.20. The van der Waals surface area contributed by atoms with Crippen molar-refractivity contribution in [3.63, 3.8) is 0 Å². The molecule has 2 heterocycles. The summed E-state index contributed by atoms with van der Waals surface area (Å²) in [5, 5.41) is 18.8. The van der Waals surface area contributed by atoms with E-state index in [0.717, 1.165) is 16.2 Å². The molecule has 0 saturated carbocycles. The van der Waals surface area contributed by atoms with Crippen LogP contribution < -0.4 is 5.32 Å². The van der Waals surface area contributed by atoms with Crippen LogP contribution in [0.1, 0.15) is 24.2 Å². The molecule has 36 heavy (non-hydrogen) atoms. The quantitative estimate of drug-likeness (QED) is 0.251. The number of aromatic nitrogens is 2. The number of rotatable bonds is 6. The van der Waals surface area contributed by atoms with Gasteiger partial charge in [0.05, 0.1) is 18.1 Å². The molecule has 180 valence electrons. The first-order valence-electron chi connectivity index (χ1n) is 11.1. The summed E-state index contributed by atoms with van der Waals surface area (Å²) in [6.45, 7) is 1.74. The number of carbonyl (C=O) groups excluding carboxylic acids is 1. The zero-order valence-electron chi connectivity index (χ0n) is 19.1. The van der Waals surface area contributed by atoms with Crippen molar-refractivity contribution < 1.29 is 24.0 Å². The monoisotopic (exact) mass is 501 g/mol. The zero-order chi connectivity index (χ0) is 25.2. The molecular formula is C27H20ClN3O5. The number of anilines is 1. The van der Waals surface area contributed by atoms with Gasteiger partial charge in [-0.3, -0.25) is 15.1 Å². The van der Waals surface area contributed by atoms with Gasteiger partial charge in [-0.25, -0.2) is 4.79 Å². The minimum atomic E-state index is -0.883. The standard InChI is InChI=1S/C27H20ClN3O5/c1-15(19-4-2-3-5-22(19)28)35-27(34)31-24-14-30-36-26(24)17-7-9-21-20-8-6-16(11-25(32)33)10-18(20)13-29-23(21)12-17/h2-10,12-15H,11H2,1H3,(H,31,34)(H,32,33). The number of carbonyl (C=O) groups is 2. The first-order valence-corrected chi connectivity index (χ1v) is 11.5. The number of nitrogens with zero attached hydrogens (tertiary/aromatic N) is 2. The Bertz CT molecular complexity index is 1610. The number of ether oxygens (including phenoxy) is 1. The van der Waals surface area contributed by atoms with Crippen LogP contribution in [-0.2, 0) is 16.0 Å². The van der Waals surface area contributed by atoms with Crippen LogP contribution in [-0.4, -0.2) is 27.3 Å². The third-order valence-corrected chi connectivity index (χ3v) is 6.14. The SMILES string of the molecule is CC(OC(=O)Nc1cnoc1-c1ccc2c(c1)ncc1cc(CC(=O)O)ccc12)c1ccccc1Cl. The van der Waals surface area contributed by atoms with E-state index in [2.05, 4.69) is 15.5 Å². The fourth-order valence-corrected chi connectivity index (χ4v) is 4.39. The molecule has 0 bridgehead atoms. The molecule has 0 fully saturated rings. The third kappa shape index (κ3) is 4.71. The summed E-state index contributed by atoms with van der Waals surface area (Å²) in [6, 6.07) is 18.3. The maximum atomic E-state index is 12.5. The molecule has 9 heteroatoms. The predicted octanol–water partition coefficient (Wildman–Crippen LogP) is 6.63. The second kappa shape index (κ2) is 9.67. The maximum absolute atomic E-state index is 12.5. The topological polar surface area (TPSA) is 115 Å². The Morgan fingerprint density at radius 2 is 1.89 bits per heavy atom. The number of halogens is 1. The summed E-state index contributed by atoms with van der Waals surface area (Å²) in [4.78, 5) is 28.1. The molecule has 2 aromatic heterocycles. The Morgan fingerprint density at radius 3 is 2.69 bits per heavy atom. The van der Waals surface area contributed by atoms with E-state index in [4.69, 9.17) is 26.0 Å². The van der Waals surface area contributed by atoms with Crippen molar-refractivity contribution >= 4 is 51.0 Å². The van der Waals surface area contributed by atoms with Crippen molar-refractivity contribution in [2.75, 3.05) is 5.32 Å². The number of amides is 1. The number of nitrogens with one attached hydrogen (secondary N) is 1. The van der Waals surface area contributed by atoms with Gasteiger partial charge in [-0.05, 0) is 36.1 Å². The van der Waals surface area contributed by atoms with E-state index in [1.807, 2.05) is 36.4 Å². The molecule has 0 aliphatic carbocycles. The van der Waals surface area contributed by atoms with Crippen molar-refractivity contribution in [2.45, 2.75) is 19.4 Å². The lowest BCUT2D eigenvalue weighted by molar-refractivity contribution is -0.136. The smallest absolute Gasteiger partial charge is 0.412 e. The molecule has 0 saturated heterocycles. The average Bonchev–Trinajstić information content (AvgIpc) is 3.31. The van der Waals surface area contributed by atoms with Gasteiger partial charge in [0.15, 0.2) is 5.76 Å². The van der Waals surface area contributed by atoms with Crippen LogP contribution in [0.4, 0.5) is 10.5 Å². The van der Waals surface area contributed by atoms with E-state index in [1.54, 1.807) is 37.4 Å². The number of aliphatic carboxylic acids is 1. The van der Waals surface area contributed by atoms with E-state index < -0.39 is 18.2 Å². The highest BCUT2D eigenvalue weighted by Crippen LogP contribution is 2.33. The zero-order valence-corrected chi connectivity index (χ0v) is 19.8. The minimum Gasteiger partial charge on any atom is -0.481 e. The Kier molecular flexibility index (Phi) is 6.26. The first-order chi connectivity index (χ1) is 17.4. The highest BCUT2D eigenvalue weighted by Gasteiger charge is 2.19. The van der Waals surface area contributed by atoms with Crippen LogP contribution in [0.25, 0.3) is 33.0 Å². The van der Waals surface area contributed by atoms with Crippen molar-refractivity contribution in [1.82, 2.24) is 10.1 Å². The van der Waals surface area contributed by atoms with Crippen molar-refractivity contribution in [3.8, 4) is 11.3 Å². The summed E-state index contributed by atoms with van der Waals surface area (Å²) in [6.07, 6.45) is 1.83. The maximum Gasteiger partial charge on any atom is 0.412 e. The summed E-state index contributed by atoms with van der Waals surface area (Å²) in [7, 11) is 0. The van der Waals surface area contributed by atoms with Gasteiger partial charge in [-0.1, -0.05) is 59.2 Å². The third-order valence-electron chi connectivity index (χ3n) is 5.80. The second-order valence-corrected chi connectivity index (χ2v) is 8.65. The Balaban J connectivity index is 1.38. The lowest BCUT2D eigenvalue weighted by Crippen LogP contribution is -2.16. The van der Waals surface area contributed by atoms with Gasteiger partial charge in [0.25, 0.3) is 0 Å². The van der Waals surface area contributed by atoms with Crippen LogP contribution in [0.15, 0.2) is 77.6 Å². The fourth-order valence-electron chi connectivity index (χ4n) is 4.10. The Labute approximate surface area is 210 Å². The average molecular weight is 502 g/mol. The highest BCUT2D eigenvalue weighted by atomic mass is 35.5. The molecule has 8 nitrogen and oxygen atoms in total. The van der Waals surface area contributed by atoms with Crippen LogP contribution in [0, 0.1) is 0 Å². The number of pyridine rings is 1. The summed E-state index contributed by atoms with van der Waals surface area (Å²) < 4.78 is 10.9. The molecule has 1 atom stereocenters. The van der Waals surface area contributed by atoms with Crippen LogP contribution in [0.5, 0.6) is 0 Å². The molecule has 5 aromatic rings. The molecular weight excluding hydrogens is 482 g/mol. The van der Waals surface area contributed by atoms with Gasteiger partial charge in [0, 0.05) is 33.1 Å². The van der Waals surface area contributed by atoms with Crippen LogP contribution in [0.3, 0.4) is 0 Å². The molecule has 0 radical (unpaired) electrons. The lowest BCUT2D eigenvalue weighted by Gasteiger charge is -2.15. The van der Waals surface area contributed by atoms with E-state index in [1.165, 1.54) is 6.20 Å². The van der Waals surface area contributed by atoms with Gasteiger partial charge in [0.2, 0.25) is 0 Å². The highest BCUT2D eigenvalue weighted by molar-refractivity contribution is 6.31. The van der Waals surface area contributed by atoms with E-state index in [9.17, 15) is 9.59 Å². The fraction of sp³-hybridized carbons (Fsp3) is 0.111. The van der Waals surface area contributed by atoms with Gasteiger partial charge < -0.3 is 14.4 Å². The van der Waals surface area contributed by atoms with E-state index in [-0.39, 0.29) is 6.42 Å². The molecule has 0 aliphatic heterocycles. The number of fused-ring (bicyclic) bond motifs is 3. The van der Waals surface area contributed by atoms with E-state index in [0.29, 0.717) is 38.7 Å². The molecule has 0 aliphatic rings. The lowest BCUT2D eigenvalue weighted by atomic mass is 10.0. The van der Waals surface area contributed by atoms with Crippen molar-refractivity contribution in [1.29, 1.82) is 0 Å². The van der Waals surface area contributed by atoms with Crippen molar-refractivity contribution in [3.05, 3.63) is 89.2 Å². The van der Waals surface area contributed by atoms with Gasteiger partial charge in [-0.2, -0.15) is 0 Å². The predicted molar refractivity (Wildman–Crippen MR) is 136 cm³/mol. The van der Waals surface area contributed by atoms with Crippen molar-refractivity contribution in [2.24, 2.45) is 0 Å². The normalized spacial score (nSPS) is 11.9. The molecule has 0 spiro atoms. The number of hydrogen-bond donors (Lipinski definition) is 2. The second-order valence-electron chi connectivity index (χ2n) is 8.24. The molecule has 5 rings (SSSR count). The Hall–Kier alpha value is -4.43. The van der Waals surface area contributed by atoms with Gasteiger partial charge in [-0.15, -0.1) is 0 Å². The number of benzene rings is 3. The molecule has 1 amide bonds. The number of carboxylic acids is 1. The Morgan fingerprint density at radius 1 is 1.08 bits per heavy atom. The molecule has 1 unspecified atom stereocenters. The van der Waals surface area contributed by atoms with Crippen LogP contribution >= 0.6 is 11.6 Å². The number of carboxylic acid groups (broad SMARTS) is 1. The molecule has 3 aromatic carbocycles. The summed E-state index contributed by atoms with van der Waals surface area (Å²) in [5.74, 6) is -0.524. The largest absolute Gasteiger partial charge is 0.481 e. The number of hydrogen-bond acceptors (Lipinski definition) is 6. The molecule has 2 N–H and O–H groups in total. The minimum absolute atomic E-state index is 0.0478. The van der Waals surface area contributed by atoms with Crippen LogP contribution in [0.2, 0.25) is 5.02 Å².